The van der Waals surface area contributed by atoms with E-state index in [1.807, 2.05) is 39.0 Å². The monoisotopic (exact) mass is 366 g/mol. The molecule has 1 aromatic rings. The zero-order valence-corrected chi connectivity index (χ0v) is 18.1. The standard InChI is InChI=1S/C20H34O4Si/c1-18(2,3)23-17(21)16(24-25(8,9)19(4,5)6)20(7,22)15-13-11-10-12-14-15/h10-14,16,22H,1-9H3. The number of carbonyl (C=O) groups excluding carboxylic acids is 1. The lowest BCUT2D eigenvalue weighted by Gasteiger charge is -2.43. The van der Waals surface area contributed by atoms with Gasteiger partial charge in [0.1, 0.15) is 11.2 Å². The predicted octanol–water partition coefficient (Wildman–Crippen LogP) is 4.63. The molecule has 1 N–H and O–H groups in total. The molecule has 0 saturated heterocycles. The fourth-order valence-corrected chi connectivity index (χ4v) is 3.41. The van der Waals surface area contributed by atoms with Crippen molar-refractivity contribution in [2.24, 2.45) is 0 Å². The van der Waals surface area contributed by atoms with E-state index in [-0.39, 0.29) is 5.04 Å². The molecule has 1 aromatic carbocycles. The SMILES string of the molecule is CC(C)(C)OC(=O)C(O[Si](C)(C)C(C)(C)C)C(C)(O)c1ccccc1. The van der Waals surface area contributed by atoms with Crippen LogP contribution in [0, 0.1) is 0 Å². The fourth-order valence-electron chi connectivity index (χ4n) is 2.15. The summed E-state index contributed by atoms with van der Waals surface area (Å²) in [6.45, 7) is 17.5. The Hall–Kier alpha value is -1.17. The van der Waals surface area contributed by atoms with Crippen molar-refractivity contribution in [2.75, 3.05) is 0 Å². The van der Waals surface area contributed by atoms with Crippen LogP contribution in [0.5, 0.6) is 0 Å². The van der Waals surface area contributed by atoms with Gasteiger partial charge in [0.25, 0.3) is 0 Å². The third kappa shape index (κ3) is 5.66. The topological polar surface area (TPSA) is 55.8 Å². The molecule has 0 saturated carbocycles. The number of hydrogen-bond acceptors (Lipinski definition) is 4. The third-order valence-corrected chi connectivity index (χ3v) is 9.15. The van der Waals surface area contributed by atoms with E-state index in [2.05, 4.69) is 33.9 Å². The van der Waals surface area contributed by atoms with Crippen LogP contribution < -0.4 is 0 Å². The zero-order valence-electron chi connectivity index (χ0n) is 17.1. The van der Waals surface area contributed by atoms with Crippen molar-refractivity contribution < 1.29 is 19.1 Å². The molecule has 2 atom stereocenters. The van der Waals surface area contributed by atoms with Gasteiger partial charge in [-0.3, -0.25) is 0 Å². The lowest BCUT2D eigenvalue weighted by molar-refractivity contribution is -0.178. The summed E-state index contributed by atoms with van der Waals surface area (Å²) in [7, 11) is -2.31. The zero-order chi connectivity index (χ0) is 19.7. The smallest absolute Gasteiger partial charge is 0.337 e. The predicted molar refractivity (Wildman–Crippen MR) is 104 cm³/mol. The Morgan fingerprint density at radius 3 is 1.88 bits per heavy atom. The van der Waals surface area contributed by atoms with Gasteiger partial charge in [0.15, 0.2) is 14.4 Å². The Bertz CT molecular complexity index is 580. The van der Waals surface area contributed by atoms with Gasteiger partial charge in [-0.25, -0.2) is 4.79 Å². The molecule has 0 heterocycles. The molecule has 4 nitrogen and oxygen atoms in total. The fraction of sp³-hybridized carbons (Fsp3) is 0.650. The van der Waals surface area contributed by atoms with Crippen LogP contribution >= 0.6 is 0 Å². The normalized spacial score (nSPS) is 16.9. The Morgan fingerprint density at radius 1 is 1.00 bits per heavy atom. The van der Waals surface area contributed by atoms with E-state index in [1.54, 1.807) is 19.1 Å². The molecule has 0 amide bonds. The molecular weight excluding hydrogens is 332 g/mol. The van der Waals surface area contributed by atoms with Crippen LogP contribution in [0.1, 0.15) is 54.0 Å². The van der Waals surface area contributed by atoms with Crippen LogP contribution in [0.3, 0.4) is 0 Å². The van der Waals surface area contributed by atoms with Crippen LogP contribution in [-0.4, -0.2) is 31.1 Å². The Labute approximate surface area is 153 Å². The van der Waals surface area contributed by atoms with Gasteiger partial charge in [0, 0.05) is 0 Å². The van der Waals surface area contributed by atoms with E-state index in [0.29, 0.717) is 5.56 Å². The van der Waals surface area contributed by atoms with Crippen LogP contribution in [0.25, 0.3) is 0 Å². The summed E-state index contributed by atoms with van der Waals surface area (Å²) in [5, 5.41) is 11.1. The largest absolute Gasteiger partial charge is 0.458 e. The molecule has 0 aliphatic rings. The number of ether oxygens (including phenoxy) is 1. The average Bonchev–Trinajstić information content (AvgIpc) is 2.42. The maximum Gasteiger partial charge on any atom is 0.337 e. The minimum absolute atomic E-state index is 0.0972. The average molecular weight is 367 g/mol. The Balaban J connectivity index is 3.31. The highest BCUT2D eigenvalue weighted by atomic mass is 28.4. The molecule has 25 heavy (non-hydrogen) atoms. The molecule has 0 aliphatic heterocycles. The van der Waals surface area contributed by atoms with Crippen molar-refractivity contribution in [1.82, 2.24) is 0 Å². The van der Waals surface area contributed by atoms with E-state index < -0.39 is 31.6 Å². The van der Waals surface area contributed by atoms with Gasteiger partial charge in [-0.2, -0.15) is 0 Å². The highest BCUT2D eigenvalue weighted by Gasteiger charge is 2.48. The number of benzene rings is 1. The van der Waals surface area contributed by atoms with Crippen molar-refractivity contribution in [1.29, 1.82) is 0 Å². The number of carbonyl (C=O) groups is 1. The van der Waals surface area contributed by atoms with E-state index in [9.17, 15) is 9.90 Å². The molecule has 0 aliphatic carbocycles. The lowest BCUT2D eigenvalue weighted by Crippen LogP contribution is -2.54. The van der Waals surface area contributed by atoms with Crippen LogP contribution in [0.15, 0.2) is 30.3 Å². The summed E-state index contributed by atoms with van der Waals surface area (Å²) in [6, 6.07) is 9.14. The summed E-state index contributed by atoms with van der Waals surface area (Å²) in [5.41, 5.74) is -1.51. The maximum absolute atomic E-state index is 12.9. The Morgan fingerprint density at radius 2 is 1.48 bits per heavy atom. The molecule has 2 unspecified atom stereocenters. The molecule has 0 bridgehead atoms. The van der Waals surface area contributed by atoms with Crippen molar-refractivity contribution >= 4 is 14.3 Å². The van der Waals surface area contributed by atoms with Gasteiger partial charge in [-0.15, -0.1) is 0 Å². The van der Waals surface area contributed by atoms with Gasteiger partial charge in [-0.1, -0.05) is 51.1 Å². The second-order valence-electron chi connectivity index (χ2n) is 9.31. The van der Waals surface area contributed by atoms with Crippen molar-refractivity contribution in [3.05, 3.63) is 35.9 Å². The van der Waals surface area contributed by atoms with Gasteiger partial charge < -0.3 is 14.3 Å². The van der Waals surface area contributed by atoms with Crippen molar-refractivity contribution in [2.45, 2.75) is 83.9 Å². The first-order valence-corrected chi connectivity index (χ1v) is 11.7. The van der Waals surface area contributed by atoms with E-state index in [4.69, 9.17) is 9.16 Å². The first kappa shape index (κ1) is 21.9. The van der Waals surface area contributed by atoms with Crippen molar-refractivity contribution in [3.8, 4) is 0 Å². The van der Waals surface area contributed by atoms with Crippen molar-refractivity contribution in [3.63, 3.8) is 0 Å². The summed E-state index contributed by atoms with van der Waals surface area (Å²) >= 11 is 0. The summed E-state index contributed by atoms with van der Waals surface area (Å²) in [5.74, 6) is -0.536. The van der Waals surface area contributed by atoms with Gasteiger partial charge in [0.2, 0.25) is 0 Å². The van der Waals surface area contributed by atoms with E-state index >= 15 is 0 Å². The maximum atomic E-state index is 12.9. The lowest BCUT2D eigenvalue weighted by atomic mass is 9.90. The van der Waals surface area contributed by atoms with Gasteiger partial charge in [0.05, 0.1) is 0 Å². The molecule has 1 rings (SSSR count). The molecule has 0 aromatic heterocycles. The van der Waals surface area contributed by atoms with E-state index in [0.717, 1.165) is 0 Å². The summed E-state index contributed by atoms with van der Waals surface area (Å²) < 4.78 is 11.9. The number of esters is 1. The molecule has 5 heteroatoms. The number of aliphatic hydroxyl groups is 1. The molecule has 0 fully saturated rings. The molecule has 0 radical (unpaired) electrons. The Kier molecular flexibility index (Phi) is 6.31. The third-order valence-electron chi connectivity index (χ3n) is 4.71. The quantitative estimate of drug-likeness (QED) is 0.610. The molecule has 0 spiro atoms. The van der Waals surface area contributed by atoms with Gasteiger partial charge in [-0.05, 0) is 51.4 Å². The number of rotatable bonds is 5. The minimum Gasteiger partial charge on any atom is -0.458 e. The summed E-state index contributed by atoms with van der Waals surface area (Å²) in [6.07, 6.45) is -1.09. The second kappa shape index (κ2) is 7.21. The van der Waals surface area contributed by atoms with Crippen LogP contribution in [0.4, 0.5) is 0 Å². The van der Waals surface area contributed by atoms with Crippen LogP contribution in [-0.2, 0) is 19.6 Å². The number of hydrogen-bond donors (Lipinski definition) is 1. The highest BCUT2D eigenvalue weighted by molar-refractivity contribution is 6.74. The molecule has 142 valence electrons. The second-order valence-corrected chi connectivity index (χ2v) is 14.1. The van der Waals surface area contributed by atoms with Gasteiger partial charge >= 0.3 is 5.97 Å². The van der Waals surface area contributed by atoms with Crippen LogP contribution in [0.2, 0.25) is 18.1 Å². The molecular formula is C20H34O4Si. The highest BCUT2D eigenvalue weighted by Crippen LogP contribution is 2.40. The first-order valence-electron chi connectivity index (χ1n) is 8.76. The van der Waals surface area contributed by atoms with E-state index in [1.165, 1.54) is 0 Å². The summed E-state index contributed by atoms with van der Waals surface area (Å²) in [4.78, 5) is 12.9. The first-order chi connectivity index (χ1) is 11.1. The minimum atomic E-state index is -2.31.